The SMILES string of the molecule is Cc1nn(CC(C)c2nc(-c3ccc(F)cc3)no2)c(C)c1Cl. The number of rotatable bonds is 4. The molecule has 23 heavy (non-hydrogen) atoms. The van der Waals surface area contributed by atoms with Crippen LogP contribution in [0.3, 0.4) is 0 Å². The second kappa shape index (κ2) is 6.12. The van der Waals surface area contributed by atoms with Gasteiger partial charge in [-0.3, -0.25) is 4.68 Å². The fourth-order valence-electron chi connectivity index (χ4n) is 2.34. The van der Waals surface area contributed by atoms with Gasteiger partial charge in [-0.25, -0.2) is 4.39 Å². The van der Waals surface area contributed by atoms with Crippen LogP contribution in [0.15, 0.2) is 28.8 Å². The van der Waals surface area contributed by atoms with Crippen LogP contribution < -0.4 is 0 Å². The number of aryl methyl sites for hydroxylation is 1. The summed E-state index contributed by atoms with van der Waals surface area (Å²) in [6.07, 6.45) is 0. The van der Waals surface area contributed by atoms with Gasteiger partial charge in [0.1, 0.15) is 5.82 Å². The normalized spacial score (nSPS) is 12.6. The highest BCUT2D eigenvalue weighted by Gasteiger charge is 2.18. The molecule has 0 aliphatic rings. The van der Waals surface area contributed by atoms with Crippen LogP contribution in [0.2, 0.25) is 5.02 Å². The van der Waals surface area contributed by atoms with Crippen LogP contribution in [0.4, 0.5) is 4.39 Å². The largest absolute Gasteiger partial charge is 0.339 e. The Morgan fingerprint density at radius 2 is 1.96 bits per heavy atom. The Bertz CT molecular complexity index is 825. The van der Waals surface area contributed by atoms with Gasteiger partial charge in [0.05, 0.1) is 28.9 Å². The van der Waals surface area contributed by atoms with E-state index in [1.54, 1.807) is 12.1 Å². The van der Waals surface area contributed by atoms with Gasteiger partial charge in [-0.2, -0.15) is 10.1 Å². The fourth-order valence-corrected chi connectivity index (χ4v) is 2.48. The average molecular weight is 335 g/mol. The van der Waals surface area contributed by atoms with Gasteiger partial charge in [0.25, 0.3) is 0 Å². The van der Waals surface area contributed by atoms with Crippen molar-refractivity contribution in [2.45, 2.75) is 33.2 Å². The Labute approximate surface area is 138 Å². The van der Waals surface area contributed by atoms with Crippen molar-refractivity contribution in [3.63, 3.8) is 0 Å². The Balaban J connectivity index is 1.79. The van der Waals surface area contributed by atoms with E-state index in [4.69, 9.17) is 16.1 Å². The summed E-state index contributed by atoms with van der Waals surface area (Å²) >= 11 is 6.16. The van der Waals surface area contributed by atoms with Crippen molar-refractivity contribution in [2.24, 2.45) is 0 Å². The van der Waals surface area contributed by atoms with Crippen LogP contribution in [0.25, 0.3) is 11.4 Å². The van der Waals surface area contributed by atoms with Gasteiger partial charge in [0.2, 0.25) is 11.7 Å². The molecule has 5 nitrogen and oxygen atoms in total. The molecule has 1 atom stereocenters. The number of nitrogens with zero attached hydrogens (tertiary/aromatic N) is 4. The monoisotopic (exact) mass is 334 g/mol. The van der Waals surface area contributed by atoms with E-state index >= 15 is 0 Å². The zero-order chi connectivity index (χ0) is 16.6. The third kappa shape index (κ3) is 3.12. The molecular formula is C16H16ClFN4O. The molecule has 3 aromatic rings. The molecule has 0 radical (unpaired) electrons. The molecule has 0 bridgehead atoms. The minimum Gasteiger partial charge on any atom is -0.339 e. The van der Waals surface area contributed by atoms with Gasteiger partial charge in [-0.1, -0.05) is 23.7 Å². The van der Waals surface area contributed by atoms with Crippen molar-refractivity contribution < 1.29 is 8.91 Å². The van der Waals surface area contributed by atoms with E-state index in [2.05, 4.69) is 15.2 Å². The summed E-state index contributed by atoms with van der Waals surface area (Å²) in [5, 5.41) is 9.04. The summed E-state index contributed by atoms with van der Waals surface area (Å²) in [6.45, 7) is 6.36. The molecule has 1 unspecified atom stereocenters. The Hall–Kier alpha value is -2.21. The fraction of sp³-hybridized carbons (Fsp3) is 0.312. The van der Waals surface area contributed by atoms with E-state index < -0.39 is 0 Å². The molecule has 0 saturated carbocycles. The summed E-state index contributed by atoms with van der Waals surface area (Å²) in [4.78, 5) is 4.39. The first kappa shape index (κ1) is 15.7. The van der Waals surface area contributed by atoms with Gasteiger partial charge in [-0.15, -0.1) is 0 Å². The number of hydrogen-bond acceptors (Lipinski definition) is 4. The van der Waals surface area contributed by atoms with Gasteiger partial charge in [0, 0.05) is 5.56 Å². The van der Waals surface area contributed by atoms with Crippen molar-refractivity contribution in [1.29, 1.82) is 0 Å². The third-order valence-corrected chi connectivity index (χ3v) is 4.25. The predicted octanol–water partition coefficient (Wildman–Crippen LogP) is 4.15. The molecule has 0 aliphatic carbocycles. The molecule has 0 saturated heterocycles. The van der Waals surface area contributed by atoms with Gasteiger partial charge in [0.15, 0.2) is 0 Å². The van der Waals surface area contributed by atoms with Crippen LogP contribution in [0.5, 0.6) is 0 Å². The van der Waals surface area contributed by atoms with Crippen LogP contribution >= 0.6 is 11.6 Å². The van der Waals surface area contributed by atoms with E-state index in [-0.39, 0.29) is 11.7 Å². The molecule has 0 fully saturated rings. The highest BCUT2D eigenvalue weighted by atomic mass is 35.5. The van der Waals surface area contributed by atoms with E-state index in [1.165, 1.54) is 12.1 Å². The summed E-state index contributed by atoms with van der Waals surface area (Å²) in [7, 11) is 0. The van der Waals surface area contributed by atoms with E-state index in [9.17, 15) is 4.39 Å². The maximum atomic E-state index is 13.0. The molecule has 0 amide bonds. The van der Waals surface area contributed by atoms with Crippen molar-refractivity contribution in [1.82, 2.24) is 19.9 Å². The summed E-state index contributed by atoms with van der Waals surface area (Å²) in [6, 6.07) is 5.98. The third-order valence-electron chi connectivity index (χ3n) is 3.71. The molecule has 2 aromatic heterocycles. The Kier molecular flexibility index (Phi) is 4.17. The maximum Gasteiger partial charge on any atom is 0.231 e. The second-order valence-corrected chi connectivity index (χ2v) is 5.91. The first-order chi connectivity index (χ1) is 11.0. The quantitative estimate of drug-likeness (QED) is 0.719. The van der Waals surface area contributed by atoms with Crippen LogP contribution in [0.1, 0.15) is 30.1 Å². The van der Waals surface area contributed by atoms with Crippen LogP contribution in [-0.2, 0) is 6.54 Å². The molecule has 120 valence electrons. The minimum atomic E-state index is -0.299. The van der Waals surface area contributed by atoms with Gasteiger partial charge >= 0.3 is 0 Å². The Morgan fingerprint density at radius 1 is 1.26 bits per heavy atom. The van der Waals surface area contributed by atoms with Crippen LogP contribution in [-0.4, -0.2) is 19.9 Å². The number of hydrogen-bond donors (Lipinski definition) is 0. The predicted molar refractivity (Wildman–Crippen MR) is 84.8 cm³/mol. The summed E-state index contributed by atoms with van der Waals surface area (Å²) in [5.41, 5.74) is 2.42. The highest BCUT2D eigenvalue weighted by Crippen LogP contribution is 2.24. The van der Waals surface area contributed by atoms with Crippen molar-refractivity contribution >= 4 is 11.6 Å². The molecule has 0 N–H and O–H groups in total. The molecular weight excluding hydrogens is 319 g/mol. The molecule has 0 spiro atoms. The molecule has 0 aliphatic heterocycles. The van der Waals surface area contributed by atoms with E-state index in [0.717, 1.165) is 11.4 Å². The lowest BCUT2D eigenvalue weighted by Crippen LogP contribution is -2.09. The Morgan fingerprint density at radius 3 is 2.57 bits per heavy atom. The second-order valence-electron chi connectivity index (χ2n) is 5.53. The number of benzene rings is 1. The van der Waals surface area contributed by atoms with Crippen molar-refractivity contribution in [3.8, 4) is 11.4 Å². The molecule has 2 heterocycles. The first-order valence-corrected chi connectivity index (χ1v) is 7.62. The lowest BCUT2D eigenvalue weighted by Gasteiger charge is -2.08. The molecule has 3 rings (SSSR count). The average Bonchev–Trinajstić information content (AvgIpc) is 3.11. The van der Waals surface area contributed by atoms with Crippen LogP contribution in [0, 0.1) is 19.7 Å². The minimum absolute atomic E-state index is 0.0224. The summed E-state index contributed by atoms with van der Waals surface area (Å²) < 4.78 is 20.1. The lowest BCUT2D eigenvalue weighted by atomic mass is 10.1. The van der Waals surface area contributed by atoms with E-state index in [1.807, 2.05) is 25.5 Å². The van der Waals surface area contributed by atoms with E-state index in [0.29, 0.717) is 28.8 Å². The first-order valence-electron chi connectivity index (χ1n) is 7.24. The van der Waals surface area contributed by atoms with Crippen molar-refractivity contribution in [2.75, 3.05) is 0 Å². The zero-order valence-corrected chi connectivity index (χ0v) is 13.8. The maximum absolute atomic E-state index is 13.0. The highest BCUT2D eigenvalue weighted by molar-refractivity contribution is 6.31. The lowest BCUT2D eigenvalue weighted by molar-refractivity contribution is 0.341. The number of halogens is 2. The smallest absolute Gasteiger partial charge is 0.231 e. The zero-order valence-electron chi connectivity index (χ0n) is 13.0. The molecule has 7 heteroatoms. The summed E-state index contributed by atoms with van der Waals surface area (Å²) in [5.74, 6) is 0.629. The standard InChI is InChI=1S/C16H16ClFN4O/c1-9(8-22-11(3)14(17)10(2)20-22)16-19-15(21-23-16)12-4-6-13(18)7-5-12/h4-7,9H,8H2,1-3H3. The number of aromatic nitrogens is 4. The topological polar surface area (TPSA) is 56.7 Å². The van der Waals surface area contributed by atoms with Gasteiger partial charge in [-0.05, 0) is 38.1 Å². The molecule has 1 aromatic carbocycles. The van der Waals surface area contributed by atoms with Gasteiger partial charge < -0.3 is 4.52 Å². The van der Waals surface area contributed by atoms with Crippen molar-refractivity contribution in [3.05, 3.63) is 52.4 Å².